The Morgan fingerprint density at radius 3 is 2.57 bits per heavy atom. The van der Waals surface area contributed by atoms with E-state index in [1.807, 2.05) is 14.0 Å². The van der Waals surface area contributed by atoms with Crippen molar-refractivity contribution in [2.45, 2.75) is 76.9 Å². The average molecular weight is 295 g/mol. The van der Waals surface area contributed by atoms with Crippen molar-refractivity contribution in [2.75, 3.05) is 13.7 Å². The van der Waals surface area contributed by atoms with Gasteiger partial charge in [0.25, 0.3) is 0 Å². The van der Waals surface area contributed by atoms with Crippen molar-refractivity contribution in [3.05, 3.63) is 11.7 Å². The summed E-state index contributed by atoms with van der Waals surface area (Å²) in [6.07, 6.45) is 6.52. The van der Waals surface area contributed by atoms with E-state index in [1.54, 1.807) is 0 Å². The van der Waals surface area contributed by atoms with Gasteiger partial charge < -0.3 is 14.6 Å². The molecule has 0 saturated heterocycles. The van der Waals surface area contributed by atoms with Crippen LogP contribution >= 0.6 is 0 Å². The molecule has 120 valence electrons. The summed E-state index contributed by atoms with van der Waals surface area (Å²) >= 11 is 0. The summed E-state index contributed by atoms with van der Waals surface area (Å²) in [5.74, 6) is 1.82. The van der Waals surface area contributed by atoms with Gasteiger partial charge in [0.1, 0.15) is 5.60 Å². The van der Waals surface area contributed by atoms with E-state index in [1.165, 1.54) is 19.3 Å². The van der Waals surface area contributed by atoms with Crippen molar-refractivity contribution in [3.63, 3.8) is 0 Å². The summed E-state index contributed by atoms with van der Waals surface area (Å²) in [6.45, 7) is 6.91. The van der Waals surface area contributed by atoms with Crippen LogP contribution in [0.25, 0.3) is 0 Å². The molecule has 5 heteroatoms. The van der Waals surface area contributed by atoms with Gasteiger partial charge in [0.05, 0.1) is 5.92 Å². The predicted octanol–water partition coefficient (Wildman–Crippen LogP) is 3.37. The molecule has 1 heterocycles. The molecule has 21 heavy (non-hydrogen) atoms. The van der Waals surface area contributed by atoms with Gasteiger partial charge in [0, 0.05) is 12.6 Å². The molecule has 1 aliphatic carbocycles. The highest BCUT2D eigenvalue weighted by atomic mass is 16.5. The third-order valence-corrected chi connectivity index (χ3v) is 4.87. The van der Waals surface area contributed by atoms with Crippen molar-refractivity contribution in [3.8, 4) is 0 Å². The molecule has 0 radical (unpaired) electrons. The number of rotatable bonds is 7. The second-order valence-corrected chi connectivity index (χ2v) is 5.88. The highest BCUT2D eigenvalue weighted by Gasteiger charge is 2.37. The molecule has 0 bridgehead atoms. The Bertz CT molecular complexity index is 429. The summed E-state index contributed by atoms with van der Waals surface area (Å²) in [5.41, 5.74) is -0.402. The SMILES string of the molecule is CCOC(CC)(CC)c1noc(C2CCCCC2NC)n1. The van der Waals surface area contributed by atoms with Crippen LogP contribution in [0.1, 0.15) is 76.9 Å². The number of nitrogens with one attached hydrogen (secondary N) is 1. The number of nitrogens with zero attached hydrogens (tertiary/aromatic N) is 2. The van der Waals surface area contributed by atoms with Crippen LogP contribution < -0.4 is 5.32 Å². The zero-order chi connectivity index (χ0) is 15.3. The van der Waals surface area contributed by atoms with E-state index in [9.17, 15) is 0 Å². The molecule has 2 rings (SSSR count). The van der Waals surface area contributed by atoms with Gasteiger partial charge in [0.15, 0.2) is 0 Å². The Balaban J connectivity index is 2.23. The molecule has 1 saturated carbocycles. The molecule has 0 aliphatic heterocycles. The Hall–Kier alpha value is -0.940. The Morgan fingerprint density at radius 2 is 1.95 bits per heavy atom. The van der Waals surface area contributed by atoms with E-state index in [2.05, 4.69) is 24.3 Å². The molecule has 0 amide bonds. The molecule has 5 nitrogen and oxygen atoms in total. The Labute approximate surface area is 127 Å². The number of hydrogen-bond acceptors (Lipinski definition) is 5. The third kappa shape index (κ3) is 3.29. The first-order chi connectivity index (χ1) is 10.2. The largest absolute Gasteiger partial charge is 0.367 e. The predicted molar refractivity (Wildman–Crippen MR) is 82.2 cm³/mol. The number of hydrogen-bond donors (Lipinski definition) is 1. The first-order valence-corrected chi connectivity index (χ1v) is 8.36. The van der Waals surface area contributed by atoms with Gasteiger partial charge in [-0.05, 0) is 39.7 Å². The van der Waals surface area contributed by atoms with Gasteiger partial charge in [-0.3, -0.25) is 0 Å². The van der Waals surface area contributed by atoms with Gasteiger partial charge >= 0.3 is 0 Å². The van der Waals surface area contributed by atoms with E-state index in [0.29, 0.717) is 24.4 Å². The summed E-state index contributed by atoms with van der Waals surface area (Å²) in [4.78, 5) is 4.72. The smallest absolute Gasteiger partial charge is 0.231 e. The van der Waals surface area contributed by atoms with E-state index in [-0.39, 0.29) is 0 Å². The molecule has 1 fully saturated rings. The monoisotopic (exact) mass is 295 g/mol. The van der Waals surface area contributed by atoms with Crippen LogP contribution in [-0.2, 0) is 10.3 Å². The molecular formula is C16H29N3O2. The zero-order valence-electron chi connectivity index (χ0n) is 13.8. The summed E-state index contributed by atoms with van der Waals surface area (Å²) in [7, 11) is 2.02. The van der Waals surface area contributed by atoms with Crippen molar-refractivity contribution in [1.29, 1.82) is 0 Å². The molecule has 2 unspecified atom stereocenters. The summed E-state index contributed by atoms with van der Waals surface area (Å²) in [5, 5.41) is 7.65. The van der Waals surface area contributed by atoms with Gasteiger partial charge in [-0.25, -0.2) is 0 Å². The van der Waals surface area contributed by atoms with Gasteiger partial charge in [-0.1, -0.05) is 31.8 Å². The topological polar surface area (TPSA) is 60.2 Å². The van der Waals surface area contributed by atoms with Crippen LogP contribution in [0, 0.1) is 0 Å². The first kappa shape index (κ1) is 16.4. The maximum absolute atomic E-state index is 5.97. The third-order valence-electron chi connectivity index (χ3n) is 4.87. The maximum atomic E-state index is 5.97. The normalized spacial score (nSPS) is 23.4. The van der Waals surface area contributed by atoms with Crippen LogP contribution in [0.3, 0.4) is 0 Å². The minimum Gasteiger partial charge on any atom is -0.367 e. The van der Waals surface area contributed by atoms with Crippen molar-refractivity contribution >= 4 is 0 Å². The lowest BCUT2D eigenvalue weighted by molar-refractivity contribution is -0.0583. The van der Waals surface area contributed by atoms with Crippen molar-refractivity contribution in [2.24, 2.45) is 0 Å². The fraction of sp³-hybridized carbons (Fsp3) is 0.875. The molecule has 2 atom stereocenters. The van der Waals surface area contributed by atoms with E-state index in [0.717, 1.165) is 25.2 Å². The summed E-state index contributed by atoms with van der Waals surface area (Å²) < 4.78 is 11.6. The molecule has 1 N–H and O–H groups in total. The first-order valence-electron chi connectivity index (χ1n) is 8.36. The Morgan fingerprint density at radius 1 is 1.24 bits per heavy atom. The van der Waals surface area contributed by atoms with Crippen LogP contribution in [0.5, 0.6) is 0 Å². The van der Waals surface area contributed by atoms with Crippen LogP contribution in [0.2, 0.25) is 0 Å². The van der Waals surface area contributed by atoms with Crippen LogP contribution in [0.15, 0.2) is 4.52 Å². The van der Waals surface area contributed by atoms with E-state index in [4.69, 9.17) is 14.2 Å². The second-order valence-electron chi connectivity index (χ2n) is 5.88. The fourth-order valence-electron chi connectivity index (χ4n) is 3.45. The highest BCUT2D eigenvalue weighted by Crippen LogP contribution is 2.35. The fourth-order valence-corrected chi connectivity index (χ4v) is 3.45. The lowest BCUT2D eigenvalue weighted by atomic mass is 9.84. The molecule has 1 aliphatic rings. The highest BCUT2D eigenvalue weighted by molar-refractivity contribution is 5.06. The second kappa shape index (κ2) is 7.36. The number of ether oxygens (including phenoxy) is 1. The lowest BCUT2D eigenvalue weighted by Gasteiger charge is -2.29. The minimum atomic E-state index is -0.402. The van der Waals surface area contributed by atoms with Crippen molar-refractivity contribution in [1.82, 2.24) is 15.5 Å². The maximum Gasteiger partial charge on any atom is 0.231 e. The number of aromatic nitrogens is 2. The van der Waals surface area contributed by atoms with Gasteiger partial charge in [-0.15, -0.1) is 0 Å². The van der Waals surface area contributed by atoms with E-state index >= 15 is 0 Å². The Kier molecular flexibility index (Phi) is 5.76. The lowest BCUT2D eigenvalue weighted by Crippen LogP contribution is -2.35. The minimum absolute atomic E-state index is 0.332. The standard InChI is InChI=1S/C16H29N3O2/c1-5-16(6-2,20-7-3)15-18-14(21-19-15)12-10-8-9-11-13(12)17-4/h12-13,17H,5-11H2,1-4H3. The van der Waals surface area contributed by atoms with E-state index < -0.39 is 5.60 Å². The number of likely N-dealkylation sites (N-methyl/N-ethyl adjacent to an activating group) is 1. The summed E-state index contributed by atoms with van der Waals surface area (Å²) in [6, 6.07) is 0.441. The van der Waals surface area contributed by atoms with Gasteiger partial charge in [-0.2, -0.15) is 4.98 Å². The average Bonchev–Trinajstić information content (AvgIpc) is 3.03. The quantitative estimate of drug-likeness (QED) is 0.835. The zero-order valence-corrected chi connectivity index (χ0v) is 13.8. The van der Waals surface area contributed by atoms with Crippen molar-refractivity contribution < 1.29 is 9.26 Å². The molecule has 1 aromatic heterocycles. The van der Waals surface area contributed by atoms with Crippen LogP contribution in [0.4, 0.5) is 0 Å². The molecule has 0 spiro atoms. The molecule has 0 aromatic carbocycles. The van der Waals surface area contributed by atoms with Crippen LogP contribution in [-0.4, -0.2) is 29.8 Å². The molecule has 1 aromatic rings. The molecular weight excluding hydrogens is 266 g/mol. The van der Waals surface area contributed by atoms with Gasteiger partial charge in [0.2, 0.25) is 11.7 Å².